The van der Waals surface area contributed by atoms with Gasteiger partial charge in [-0.3, -0.25) is 0 Å². The van der Waals surface area contributed by atoms with E-state index in [0.717, 1.165) is 13.1 Å². The van der Waals surface area contributed by atoms with Crippen molar-refractivity contribution in [1.29, 1.82) is 0 Å². The molecule has 78 valence electrons. The van der Waals surface area contributed by atoms with Crippen molar-refractivity contribution < 1.29 is 13.2 Å². The molecule has 1 aliphatic rings. The van der Waals surface area contributed by atoms with Gasteiger partial charge in [0.05, 0.1) is 18.0 Å². The number of hydrogen-bond acceptors (Lipinski definition) is 4. The molecular formula is C8H17NO3S. The van der Waals surface area contributed by atoms with Crippen LogP contribution in [0.2, 0.25) is 0 Å². The van der Waals surface area contributed by atoms with Gasteiger partial charge in [-0.25, -0.2) is 8.42 Å². The van der Waals surface area contributed by atoms with Crippen LogP contribution in [-0.2, 0) is 14.6 Å². The van der Waals surface area contributed by atoms with Gasteiger partial charge >= 0.3 is 0 Å². The molecule has 1 N–H and O–H groups in total. The Morgan fingerprint density at radius 1 is 1.46 bits per heavy atom. The number of hydrogen-bond donors (Lipinski definition) is 1. The van der Waals surface area contributed by atoms with E-state index in [1.807, 2.05) is 6.92 Å². The van der Waals surface area contributed by atoms with Crippen molar-refractivity contribution in [3.63, 3.8) is 0 Å². The number of sulfone groups is 1. The highest BCUT2D eigenvalue weighted by atomic mass is 32.2. The van der Waals surface area contributed by atoms with Gasteiger partial charge in [-0.1, -0.05) is 6.92 Å². The fourth-order valence-electron chi connectivity index (χ4n) is 1.14. The van der Waals surface area contributed by atoms with Crippen molar-refractivity contribution in [3.8, 4) is 0 Å². The summed E-state index contributed by atoms with van der Waals surface area (Å²) in [7, 11) is -2.87. The molecule has 1 rings (SSSR count). The lowest BCUT2D eigenvalue weighted by atomic mass is 10.0. The minimum atomic E-state index is -2.87. The van der Waals surface area contributed by atoms with E-state index in [2.05, 4.69) is 5.32 Å². The smallest absolute Gasteiger partial charge is 0.152 e. The second-order valence-electron chi connectivity index (χ2n) is 3.64. The highest BCUT2D eigenvalue weighted by Crippen LogP contribution is 2.14. The van der Waals surface area contributed by atoms with Gasteiger partial charge in [-0.15, -0.1) is 0 Å². The lowest BCUT2D eigenvalue weighted by molar-refractivity contribution is -0.0598. The van der Waals surface area contributed by atoms with Crippen molar-refractivity contribution in [3.05, 3.63) is 0 Å². The van der Waals surface area contributed by atoms with E-state index in [9.17, 15) is 8.42 Å². The second kappa shape index (κ2) is 3.94. The Morgan fingerprint density at radius 3 is 2.46 bits per heavy atom. The molecule has 0 unspecified atom stereocenters. The molecular weight excluding hydrogens is 190 g/mol. The first-order valence-corrected chi connectivity index (χ1v) is 6.35. The Kier molecular flexibility index (Phi) is 3.32. The van der Waals surface area contributed by atoms with Gasteiger partial charge in [0.25, 0.3) is 0 Å². The van der Waals surface area contributed by atoms with Gasteiger partial charge in [0.15, 0.2) is 9.84 Å². The van der Waals surface area contributed by atoms with Crippen LogP contribution < -0.4 is 5.32 Å². The maximum absolute atomic E-state index is 11.1. The molecule has 0 spiro atoms. The third-order valence-electron chi connectivity index (χ3n) is 2.28. The fraction of sp³-hybridized carbons (Fsp3) is 1.00. The average molecular weight is 207 g/mol. The molecule has 1 heterocycles. The molecule has 0 aromatic rings. The van der Waals surface area contributed by atoms with E-state index < -0.39 is 9.84 Å². The van der Waals surface area contributed by atoms with Crippen LogP contribution in [0.25, 0.3) is 0 Å². The zero-order valence-corrected chi connectivity index (χ0v) is 8.99. The SMILES string of the molecule is CCS(=O)(=O)CCOC1(C)CNC1. The summed E-state index contributed by atoms with van der Waals surface area (Å²) in [5.41, 5.74) is -0.136. The number of rotatable bonds is 5. The summed E-state index contributed by atoms with van der Waals surface area (Å²) in [6.45, 7) is 5.59. The third kappa shape index (κ3) is 3.25. The summed E-state index contributed by atoms with van der Waals surface area (Å²) < 4.78 is 27.7. The van der Waals surface area contributed by atoms with Crippen molar-refractivity contribution >= 4 is 9.84 Å². The van der Waals surface area contributed by atoms with Crippen molar-refractivity contribution in [1.82, 2.24) is 5.32 Å². The molecule has 4 nitrogen and oxygen atoms in total. The maximum Gasteiger partial charge on any atom is 0.152 e. The van der Waals surface area contributed by atoms with E-state index in [1.54, 1.807) is 6.92 Å². The van der Waals surface area contributed by atoms with Gasteiger partial charge in [-0.05, 0) is 6.92 Å². The molecule has 0 atom stereocenters. The Labute approximate surface area is 79.6 Å². The van der Waals surface area contributed by atoms with E-state index in [-0.39, 0.29) is 17.1 Å². The molecule has 1 saturated heterocycles. The van der Waals surface area contributed by atoms with Crippen LogP contribution in [0.1, 0.15) is 13.8 Å². The lowest BCUT2D eigenvalue weighted by Gasteiger charge is -2.39. The number of nitrogens with one attached hydrogen (secondary N) is 1. The van der Waals surface area contributed by atoms with Crippen molar-refractivity contribution in [2.75, 3.05) is 31.2 Å². The zero-order chi connectivity index (χ0) is 9.95. The molecule has 0 aromatic heterocycles. The summed E-state index contributed by atoms with van der Waals surface area (Å²) in [6.07, 6.45) is 0. The predicted molar refractivity (Wildman–Crippen MR) is 51.6 cm³/mol. The topological polar surface area (TPSA) is 55.4 Å². The quantitative estimate of drug-likeness (QED) is 0.678. The normalized spacial score (nSPS) is 21.1. The molecule has 0 aromatic carbocycles. The first-order chi connectivity index (χ1) is 5.97. The third-order valence-corrected chi connectivity index (χ3v) is 3.95. The van der Waals surface area contributed by atoms with Crippen LogP contribution >= 0.6 is 0 Å². The standard InChI is InChI=1S/C8H17NO3S/c1-3-13(10,11)5-4-12-8(2)6-9-7-8/h9H,3-7H2,1-2H3. The molecule has 0 bridgehead atoms. The highest BCUT2D eigenvalue weighted by molar-refractivity contribution is 7.91. The lowest BCUT2D eigenvalue weighted by Crippen LogP contribution is -2.59. The van der Waals surface area contributed by atoms with E-state index >= 15 is 0 Å². The molecule has 0 radical (unpaired) electrons. The first-order valence-electron chi connectivity index (χ1n) is 4.52. The molecule has 13 heavy (non-hydrogen) atoms. The summed E-state index contributed by atoms with van der Waals surface area (Å²) in [5.74, 6) is 0.338. The molecule has 0 amide bonds. The van der Waals surface area contributed by atoms with Crippen molar-refractivity contribution in [2.45, 2.75) is 19.4 Å². The largest absolute Gasteiger partial charge is 0.372 e. The Bertz CT molecular complexity index is 257. The molecule has 1 fully saturated rings. The Morgan fingerprint density at radius 2 is 2.08 bits per heavy atom. The maximum atomic E-state index is 11.1. The Hall–Kier alpha value is -0.130. The summed E-state index contributed by atoms with van der Waals surface area (Å²) in [4.78, 5) is 0. The minimum Gasteiger partial charge on any atom is -0.372 e. The van der Waals surface area contributed by atoms with Crippen LogP contribution in [0.5, 0.6) is 0 Å². The highest BCUT2D eigenvalue weighted by Gasteiger charge is 2.32. The van der Waals surface area contributed by atoms with E-state index in [0.29, 0.717) is 6.61 Å². The van der Waals surface area contributed by atoms with Crippen molar-refractivity contribution in [2.24, 2.45) is 0 Å². The monoisotopic (exact) mass is 207 g/mol. The van der Waals surface area contributed by atoms with Crippen LogP contribution in [0, 0.1) is 0 Å². The van der Waals surface area contributed by atoms with Gasteiger partial charge in [-0.2, -0.15) is 0 Å². The van der Waals surface area contributed by atoms with Crippen LogP contribution in [0.3, 0.4) is 0 Å². The predicted octanol–water partition coefficient (Wildman–Crippen LogP) is -0.200. The zero-order valence-electron chi connectivity index (χ0n) is 8.17. The molecule has 0 saturated carbocycles. The number of ether oxygens (including phenoxy) is 1. The van der Waals surface area contributed by atoms with Crippen LogP contribution in [0.15, 0.2) is 0 Å². The summed E-state index contributed by atoms with van der Waals surface area (Å²) >= 11 is 0. The molecule has 0 aliphatic carbocycles. The van der Waals surface area contributed by atoms with Gasteiger partial charge in [0, 0.05) is 18.8 Å². The second-order valence-corrected chi connectivity index (χ2v) is 6.11. The van der Waals surface area contributed by atoms with E-state index in [4.69, 9.17) is 4.74 Å². The summed E-state index contributed by atoms with van der Waals surface area (Å²) in [6, 6.07) is 0. The Balaban J connectivity index is 2.21. The first kappa shape index (κ1) is 10.9. The van der Waals surface area contributed by atoms with E-state index in [1.165, 1.54) is 0 Å². The van der Waals surface area contributed by atoms with Gasteiger partial charge in [0.1, 0.15) is 0 Å². The minimum absolute atomic E-state index is 0.136. The van der Waals surface area contributed by atoms with Gasteiger partial charge in [0.2, 0.25) is 0 Å². The molecule has 1 aliphatic heterocycles. The fourth-order valence-corrected chi connectivity index (χ4v) is 1.76. The average Bonchev–Trinajstić information content (AvgIpc) is 2.01. The molecule has 5 heteroatoms. The van der Waals surface area contributed by atoms with Crippen LogP contribution in [-0.4, -0.2) is 45.2 Å². The summed E-state index contributed by atoms with van der Waals surface area (Å²) in [5, 5.41) is 3.09. The van der Waals surface area contributed by atoms with Crippen LogP contribution in [0.4, 0.5) is 0 Å². The van der Waals surface area contributed by atoms with Gasteiger partial charge < -0.3 is 10.1 Å².